The molecule has 0 bridgehead atoms. The van der Waals surface area contributed by atoms with Crippen molar-refractivity contribution in [2.24, 2.45) is 0 Å². The summed E-state index contributed by atoms with van der Waals surface area (Å²) >= 11 is 0. The molecule has 1 aliphatic heterocycles. The van der Waals surface area contributed by atoms with Crippen molar-refractivity contribution in [3.8, 4) is 0 Å². The van der Waals surface area contributed by atoms with Gasteiger partial charge in [0.15, 0.2) is 5.78 Å². The van der Waals surface area contributed by atoms with Gasteiger partial charge in [0.05, 0.1) is 0 Å². The molecule has 24 heavy (non-hydrogen) atoms. The van der Waals surface area contributed by atoms with Crippen molar-refractivity contribution in [2.75, 3.05) is 11.4 Å². The van der Waals surface area contributed by atoms with Gasteiger partial charge in [-0.3, -0.25) is 9.69 Å². The van der Waals surface area contributed by atoms with Gasteiger partial charge >= 0.3 is 6.03 Å². The summed E-state index contributed by atoms with van der Waals surface area (Å²) in [6, 6.07) is 15.5. The molecular formula is C20H22N2O2. The van der Waals surface area contributed by atoms with Crippen LogP contribution in [0.25, 0.3) is 0 Å². The zero-order valence-corrected chi connectivity index (χ0v) is 14.1. The van der Waals surface area contributed by atoms with Crippen molar-refractivity contribution in [3.63, 3.8) is 0 Å². The summed E-state index contributed by atoms with van der Waals surface area (Å²) in [5, 5.41) is 2.87. The Morgan fingerprint density at radius 3 is 2.58 bits per heavy atom. The standard InChI is InChI=1S/C20H22N2O2/c1-14-7-9-16(10-8-14)19(23)11-12-21-20(24)22-15(2)13-17-5-3-4-6-18(17)22/h3-10,15H,11-13H2,1-2H3,(H,21,24). The number of amides is 2. The van der Waals surface area contributed by atoms with E-state index in [1.807, 2.05) is 56.3 Å². The van der Waals surface area contributed by atoms with Gasteiger partial charge in [-0.15, -0.1) is 0 Å². The van der Waals surface area contributed by atoms with E-state index in [1.165, 1.54) is 5.56 Å². The van der Waals surface area contributed by atoms with Crippen LogP contribution in [0.1, 0.15) is 34.8 Å². The van der Waals surface area contributed by atoms with E-state index in [1.54, 1.807) is 4.90 Å². The maximum absolute atomic E-state index is 12.5. The minimum atomic E-state index is -0.135. The summed E-state index contributed by atoms with van der Waals surface area (Å²) < 4.78 is 0. The fourth-order valence-corrected chi connectivity index (χ4v) is 3.13. The number of hydrogen-bond acceptors (Lipinski definition) is 2. The third-order valence-corrected chi connectivity index (χ3v) is 4.43. The summed E-state index contributed by atoms with van der Waals surface area (Å²) in [7, 11) is 0. The SMILES string of the molecule is Cc1ccc(C(=O)CCNC(=O)N2c3ccccc3CC2C)cc1. The predicted molar refractivity (Wildman–Crippen MR) is 95.6 cm³/mol. The highest BCUT2D eigenvalue weighted by atomic mass is 16.2. The lowest BCUT2D eigenvalue weighted by Crippen LogP contribution is -2.43. The average Bonchev–Trinajstić information content (AvgIpc) is 2.91. The molecule has 0 aliphatic carbocycles. The molecule has 3 rings (SSSR count). The highest BCUT2D eigenvalue weighted by Crippen LogP contribution is 2.31. The first-order chi connectivity index (χ1) is 11.6. The first-order valence-electron chi connectivity index (χ1n) is 8.31. The van der Waals surface area contributed by atoms with Crippen molar-refractivity contribution >= 4 is 17.5 Å². The Hall–Kier alpha value is -2.62. The molecule has 1 aliphatic rings. The Kier molecular flexibility index (Phi) is 4.65. The van der Waals surface area contributed by atoms with E-state index < -0.39 is 0 Å². The third-order valence-electron chi connectivity index (χ3n) is 4.43. The molecule has 0 saturated carbocycles. The largest absolute Gasteiger partial charge is 0.337 e. The normalized spacial score (nSPS) is 15.9. The first kappa shape index (κ1) is 16.2. The first-order valence-corrected chi connectivity index (χ1v) is 8.31. The number of hydrogen-bond donors (Lipinski definition) is 1. The van der Waals surface area contributed by atoms with Crippen LogP contribution < -0.4 is 10.2 Å². The van der Waals surface area contributed by atoms with Gasteiger partial charge in [0, 0.05) is 30.3 Å². The smallest absolute Gasteiger partial charge is 0.322 e. The van der Waals surface area contributed by atoms with Crippen LogP contribution >= 0.6 is 0 Å². The van der Waals surface area contributed by atoms with Gasteiger partial charge in [-0.05, 0) is 31.9 Å². The Morgan fingerprint density at radius 2 is 1.83 bits per heavy atom. The topological polar surface area (TPSA) is 49.4 Å². The number of rotatable bonds is 4. The molecule has 0 saturated heterocycles. The quantitative estimate of drug-likeness (QED) is 0.872. The molecule has 2 aromatic carbocycles. The van der Waals surface area contributed by atoms with E-state index >= 15 is 0 Å². The van der Waals surface area contributed by atoms with E-state index in [0.29, 0.717) is 18.5 Å². The highest BCUT2D eigenvalue weighted by molar-refractivity contribution is 5.97. The van der Waals surface area contributed by atoms with Crippen molar-refractivity contribution in [3.05, 3.63) is 65.2 Å². The maximum Gasteiger partial charge on any atom is 0.322 e. The molecule has 0 spiro atoms. The van der Waals surface area contributed by atoms with Gasteiger partial charge in [0.2, 0.25) is 0 Å². The molecule has 1 heterocycles. The van der Waals surface area contributed by atoms with Gasteiger partial charge in [0.25, 0.3) is 0 Å². The van der Waals surface area contributed by atoms with Crippen LogP contribution in [0.4, 0.5) is 10.5 Å². The molecular weight excluding hydrogens is 300 g/mol. The Bertz CT molecular complexity index is 752. The second-order valence-electron chi connectivity index (χ2n) is 6.32. The number of nitrogens with zero attached hydrogens (tertiary/aromatic N) is 1. The van der Waals surface area contributed by atoms with E-state index in [9.17, 15) is 9.59 Å². The van der Waals surface area contributed by atoms with Crippen LogP contribution in [0.5, 0.6) is 0 Å². The number of carbonyl (C=O) groups is 2. The molecule has 124 valence electrons. The van der Waals surface area contributed by atoms with E-state index in [-0.39, 0.29) is 17.9 Å². The molecule has 1 N–H and O–H groups in total. The molecule has 1 atom stereocenters. The Morgan fingerprint density at radius 1 is 1.12 bits per heavy atom. The van der Waals surface area contributed by atoms with Crippen LogP contribution in [-0.2, 0) is 6.42 Å². The average molecular weight is 322 g/mol. The second kappa shape index (κ2) is 6.87. The molecule has 2 amide bonds. The van der Waals surface area contributed by atoms with Crippen LogP contribution in [0.2, 0.25) is 0 Å². The van der Waals surface area contributed by atoms with E-state index in [4.69, 9.17) is 0 Å². The van der Waals surface area contributed by atoms with E-state index in [2.05, 4.69) is 11.4 Å². The van der Waals surface area contributed by atoms with Gasteiger partial charge < -0.3 is 5.32 Å². The Balaban J connectivity index is 1.56. The summed E-state index contributed by atoms with van der Waals surface area (Å²) in [4.78, 5) is 26.4. The van der Waals surface area contributed by atoms with E-state index in [0.717, 1.165) is 17.7 Å². The van der Waals surface area contributed by atoms with Crippen LogP contribution in [-0.4, -0.2) is 24.4 Å². The summed E-state index contributed by atoms with van der Waals surface area (Å²) in [6.45, 7) is 4.37. The molecule has 2 aromatic rings. The zero-order valence-electron chi connectivity index (χ0n) is 14.1. The fraction of sp³-hybridized carbons (Fsp3) is 0.300. The summed E-state index contributed by atoms with van der Waals surface area (Å²) in [5.41, 5.74) is 3.97. The van der Waals surface area contributed by atoms with Crippen molar-refractivity contribution in [1.82, 2.24) is 5.32 Å². The number of urea groups is 1. The van der Waals surface area contributed by atoms with Crippen molar-refractivity contribution in [1.29, 1.82) is 0 Å². The summed E-state index contributed by atoms with van der Waals surface area (Å²) in [5.74, 6) is 0.0465. The lowest BCUT2D eigenvalue weighted by atomic mass is 10.1. The van der Waals surface area contributed by atoms with Crippen molar-refractivity contribution in [2.45, 2.75) is 32.7 Å². The number of anilines is 1. The number of fused-ring (bicyclic) bond motifs is 1. The highest BCUT2D eigenvalue weighted by Gasteiger charge is 2.30. The number of Topliss-reactive ketones (excluding diaryl/α,β-unsaturated/α-hetero) is 1. The zero-order chi connectivity index (χ0) is 17.1. The van der Waals surface area contributed by atoms with Gasteiger partial charge in [0.1, 0.15) is 0 Å². The molecule has 1 unspecified atom stereocenters. The molecule has 0 aromatic heterocycles. The van der Waals surface area contributed by atoms with Gasteiger partial charge in [-0.25, -0.2) is 4.79 Å². The fourth-order valence-electron chi connectivity index (χ4n) is 3.13. The number of aryl methyl sites for hydroxylation is 1. The molecule has 4 heteroatoms. The van der Waals surface area contributed by atoms with Gasteiger partial charge in [-0.2, -0.15) is 0 Å². The second-order valence-corrected chi connectivity index (χ2v) is 6.32. The Labute approximate surface area is 142 Å². The number of benzene rings is 2. The van der Waals surface area contributed by atoms with Gasteiger partial charge in [-0.1, -0.05) is 48.0 Å². The molecule has 4 nitrogen and oxygen atoms in total. The molecule has 0 fully saturated rings. The number of carbonyl (C=O) groups excluding carboxylic acids is 2. The monoisotopic (exact) mass is 322 g/mol. The minimum absolute atomic E-state index is 0.0465. The lowest BCUT2D eigenvalue weighted by Gasteiger charge is -2.23. The molecule has 0 radical (unpaired) electrons. The summed E-state index contributed by atoms with van der Waals surface area (Å²) in [6.07, 6.45) is 1.17. The number of nitrogens with one attached hydrogen (secondary N) is 1. The van der Waals surface area contributed by atoms with Crippen LogP contribution in [0, 0.1) is 6.92 Å². The number of para-hydroxylation sites is 1. The third kappa shape index (κ3) is 3.32. The minimum Gasteiger partial charge on any atom is -0.337 e. The number of ketones is 1. The maximum atomic E-state index is 12.5. The van der Waals surface area contributed by atoms with Crippen LogP contribution in [0.3, 0.4) is 0 Å². The van der Waals surface area contributed by atoms with Crippen LogP contribution in [0.15, 0.2) is 48.5 Å². The predicted octanol–water partition coefficient (Wildman–Crippen LogP) is 3.73. The van der Waals surface area contributed by atoms with Crippen molar-refractivity contribution < 1.29 is 9.59 Å². The lowest BCUT2D eigenvalue weighted by molar-refractivity contribution is 0.0983.